The van der Waals surface area contributed by atoms with Gasteiger partial charge in [0.1, 0.15) is 0 Å². The normalized spacial score (nSPS) is 24.0. The molecule has 0 N–H and O–H groups in total. The van der Waals surface area contributed by atoms with Crippen molar-refractivity contribution in [2.75, 3.05) is 15.8 Å². The number of sulfonamides is 1. The number of benzene rings is 1. The Morgan fingerprint density at radius 2 is 1.74 bits per heavy atom. The average Bonchev–Trinajstić information content (AvgIpc) is 2.77. The summed E-state index contributed by atoms with van der Waals surface area (Å²) in [7, 11) is -4.88. The number of rotatable bonds is 7. The van der Waals surface area contributed by atoms with Gasteiger partial charge in [-0.15, -0.1) is 23.5 Å². The second-order valence-electron chi connectivity index (χ2n) is 5.48. The molecule has 1 fully saturated rings. The van der Waals surface area contributed by atoms with Crippen molar-refractivity contribution in [1.82, 2.24) is 0 Å². The SMILES string of the molecule is CCSC1(SCC)C(=O)S(=O)(=O)N(c2ccc(C)c(Cl)c2Br)C1([PH+]=S)[PH+]=S. The fourth-order valence-corrected chi connectivity index (χ4v) is 16.9. The number of carbonyl (C=O) groups excluding carboxylic acids is 1. The molecule has 1 aromatic rings. The van der Waals surface area contributed by atoms with Crippen molar-refractivity contribution in [3.05, 3.63) is 27.2 Å². The van der Waals surface area contributed by atoms with Crippen LogP contribution in [0.15, 0.2) is 16.6 Å². The van der Waals surface area contributed by atoms with Crippen LogP contribution in [0.4, 0.5) is 5.69 Å². The Labute approximate surface area is 194 Å². The Kier molecular flexibility index (Phi) is 8.24. The first kappa shape index (κ1) is 24.4. The van der Waals surface area contributed by atoms with Gasteiger partial charge in [0.2, 0.25) is 18.8 Å². The van der Waals surface area contributed by atoms with Crippen molar-refractivity contribution in [2.45, 2.75) is 29.9 Å². The molecule has 0 bridgehead atoms. The highest BCUT2D eigenvalue weighted by Gasteiger charge is 2.82. The molecule has 13 heteroatoms. The highest BCUT2D eigenvalue weighted by molar-refractivity contribution is 9.10. The summed E-state index contributed by atoms with van der Waals surface area (Å²) >= 11 is 23.3. The number of aryl methyl sites for hydroxylation is 1. The molecule has 0 spiro atoms. The van der Waals surface area contributed by atoms with Crippen LogP contribution in [0.5, 0.6) is 0 Å². The zero-order valence-electron chi connectivity index (χ0n) is 14.5. The van der Waals surface area contributed by atoms with Crippen LogP contribution in [0.2, 0.25) is 5.02 Å². The fourth-order valence-electron chi connectivity index (χ4n) is 2.83. The zero-order chi connectivity index (χ0) is 20.6. The highest BCUT2D eigenvalue weighted by Crippen LogP contribution is 2.66. The Morgan fingerprint density at radius 3 is 2.19 bits per heavy atom. The van der Waals surface area contributed by atoms with Crippen LogP contribution < -0.4 is 4.31 Å². The van der Waals surface area contributed by atoms with E-state index in [1.54, 1.807) is 12.1 Å². The third-order valence-corrected chi connectivity index (χ3v) is 17.0. The summed E-state index contributed by atoms with van der Waals surface area (Å²) in [6.07, 6.45) is 0. The maximum atomic E-state index is 13.3. The Morgan fingerprint density at radius 1 is 1.22 bits per heavy atom. The highest BCUT2D eigenvalue weighted by atomic mass is 79.9. The van der Waals surface area contributed by atoms with Gasteiger partial charge >= 0.3 is 20.2 Å². The minimum Gasteiger partial charge on any atom is -0.276 e. The van der Waals surface area contributed by atoms with Crippen LogP contribution >= 0.6 is 65.8 Å². The molecule has 2 unspecified atom stereocenters. The molecule has 1 saturated heterocycles. The van der Waals surface area contributed by atoms with E-state index in [1.165, 1.54) is 27.8 Å². The predicted octanol–water partition coefficient (Wildman–Crippen LogP) is 5.22. The topological polar surface area (TPSA) is 54.5 Å². The van der Waals surface area contributed by atoms with Crippen molar-refractivity contribution < 1.29 is 13.2 Å². The molecule has 0 saturated carbocycles. The van der Waals surface area contributed by atoms with E-state index in [0.717, 1.165) is 5.56 Å². The van der Waals surface area contributed by atoms with E-state index in [-0.39, 0.29) is 14.7 Å². The summed E-state index contributed by atoms with van der Waals surface area (Å²) in [5.41, 5.74) is 1.10. The van der Waals surface area contributed by atoms with Crippen LogP contribution in [-0.2, 0) is 38.4 Å². The third-order valence-electron chi connectivity index (χ3n) is 3.99. The van der Waals surface area contributed by atoms with Crippen LogP contribution in [0.1, 0.15) is 19.4 Å². The number of hydrogen-bond acceptors (Lipinski definition) is 7. The van der Waals surface area contributed by atoms with Crippen LogP contribution in [-0.4, -0.2) is 34.1 Å². The summed E-state index contributed by atoms with van der Waals surface area (Å²) < 4.78 is 27.0. The van der Waals surface area contributed by atoms with Gasteiger partial charge in [0.15, 0.2) is 23.6 Å². The van der Waals surface area contributed by atoms with E-state index in [4.69, 9.17) is 35.2 Å². The smallest absolute Gasteiger partial charge is 0.276 e. The molecule has 0 aliphatic carbocycles. The maximum Gasteiger partial charge on any atom is 0.408 e. The molecule has 0 amide bonds. The first-order valence-electron chi connectivity index (χ1n) is 7.72. The third kappa shape index (κ3) is 3.59. The van der Waals surface area contributed by atoms with Crippen LogP contribution in [0, 0.1) is 6.92 Å². The largest absolute Gasteiger partial charge is 0.408 e. The lowest BCUT2D eigenvalue weighted by molar-refractivity contribution is -0.111. The van der Waals surface area contributed by atoms with Crippen molar-refractivity contribution >= 4 is 110 Å². The number of thioether (sulfide) groups is 2. The van der Waals surface area contributed by atoms with E-state index >= 15 is 0 Å². The van der Waals surface area contributed by atoms with E-state index in [2.05, 4.69) is 15.9 Å². The molecule has 1 aliphatic heterocycles. The number of anilines is 1. The zero-order valence-corrected chi connectivity index (χ0v) is 23.0. The molecule has 148 valence electrons. The minimum absolute atomic E-state index is 0.286. The van der Waals surface area contributed by atoms with E-state index in [0.29, 0.717) is 26.7 Å². The quantitative estimate of drug-likeness (QED) is 0.322. The Balaban J connectivity index is 2.96. The number of nitrogens with zero attached hydrogens (tertiary/aromatic N) is 1. The summed E-state index contributed by atoms with van der Waals surface area (Å²) in [5, 5.41) is -1.61. The van der Waals surface area contributed by atoms with Crippen molar-refractivity contribution in [3.63, 3.8) is 0 Å². The Hall–Kier alpha value is 1.15. The lowest BCUT2D eigenvalue weighted by Gasteiger charge is -2.30. The number of carbonyl (C=O) groups is 1. The lowest BCUT2D eigenvalue weighted by Crippen LogP contribution is -2.48. The van der Waals surface area contributed by atoms with E-state index in [1.807, 2.05) is 20.8 Å². The molecule has 0 aromatic heterocycles. The molecule has 1 heterocycles. The first-order valence-corrected chi connectivity index (χ1v) is 16.6. The van der Waals surface area contributed by atoms with Crippen LogP contribution in [0.25, 0.3) is 0 Å². The van der Waals surface area contributed by atoms with E-state index < -0.39 is 24.2 Å². The average molecular weight is 585 g/mol. The molecular formula is C14H17BrClNO3P2S5+2. The second-order valence-corrected chi connectivity index (χ2v) is 15.1. The van der Waals surface area contributed by atoms with Gasteiger partial charge in [-0.2, -0.15) is 12.7 Å². The van der Waals surface area contributed by atoms with Crippen LogP contribution in [0.3, 0.4) is 0 Å². The monoisotopic (exact) mass is 583 g/mol. The second kappa shape index (κ2) is 9.11. The molecule has 1 aliphatic rings. The number of hydrogen-bond donors (Lipinski definition) is 0. The molecule has 2 rings (SSSR count). The summed E-state index contributed by atoms with van der Waals surface area (Å²) in [6, 6.07) is 3.38. The predicted molar refractivity (Wildman–Crippen MR) is 133 cm³/mol. The lowest BCUT2D eigenvalue weighted by atomic mass is 10.2. The maximum absolute atomic E-state index is 13.3. The van der Waals surface area contributed by atoms with Crippen molar-refractivity contribution in [3.8, 4) is 0 Å². The van der Waals surface area contributed by atoms with Gasteiger partial charge in [-0.3, -0.25) is 4.79 Å². The molecular weight excluding hydrogens is 568 g/mol. The molecule has 1 aromatic carbocycles. The molecule has 4 nitrogen and oxygen atoms in total. The standard InChI is InChI=1S/C14H15BrClNO3P2S5/c1-4-25-13(26-5-2)12(18)27(19,20)17(14(13,21-23)22-24)9-7-6-8(3)11(16)10(9)15/h6-7H,4-5H2,1-3H3/p+2. The van der Waals surface area contributed by atoms with E-state index in [9.17, 15) is 13.2 Å². The van der Waals surface area contributed by atoms with Gasteiger partial charge < -0.3 is 0 Å². The van der Waals surface area contributed by atoms with Gasteiger partial charge in [0, 0.05) is 0 Å². The summed E-state index contributed by atoms with van der Waals surface area (Å²) in [6.45, 7) is 5.61. The van der Waals surface area contributed by atoms with Gasteiger partial charge in [0.05, 0.1) is 15.2 Å². The molecule has 0 radical (unpaired) electrons. The molecule has 2 atom stereocenters. The van der Waals surface area contributed by atoms with Gasteiger partial charge in [0.25, 0.3) is 0 Å². The minimum atomic E-state index is -4.31. The van der Waals surface area contributed by atoms with Gasteiger partial charge in [-0.05, 0) is 46.0 Å². The van der Waals surface area contributed by atoms with Crippen molar-refractivity contribution in [1.29, 1.82) is 0 Å². The van der Waals surface area contributed by atoms with Gasteiger partial charge in [-0.25, -0.2) is 0 Å². The Bertz CT molecular complexity index is 900. The first-order chi connectivity index (χ1) is 12.6. The fraction of sp³-hybridized carbons (Fsp3) is 0.500. The van der Waals surface area contributed by atoms with Crippen molar-refractivity contribution in [2.24, 2.45) is 0 Å². The van der Waals surface area contributed by atoms with Gasteiger partial charge in [-0.1, -0.05) is 31.5 Å². The molecule has 27 heavy (non-hydrogen) atoms. The number of halogens is 2. The summed E-state index contributed by atoms with van der Waals surface area (Å²) in [5.74, 6) is 1.14. The summed E-state index contributed by atoms with van der Waals surface area (Å²) in [4.78, 5) is 13.3.